The minimum atomic E-state index is 0.767. The molecule has 0 bridgehead atoms. The van der Waals surface area contributed by atoms with Crippen molar-refractivity contribution in [3.05, 3.63) is 34.9 Å². The Bertz CT molecular complexity index is 520. The zero-order chi connectivity index (χ0) is 9.26. The van der Waals surface area contributed by atoms with Crippen LogP contribution in [0.3, 0.4) is 0 Å². The van der Waals surface area contributed by atoms with Crippen molar-refractivity contribution in [1.82, 2.24) is 0 Å². The van der Waals surface area contributed by atoms with Gasteiger partial charge in [0.25, 0.3) is 0 Å². The van der Waals surface area contributed by atoms with Crippen molar-refractivity contribution < 1.29 is 4.42 Å². The Morgan fingerprint density at radius 3 is 2.92 bits per heavy atom. The first-order valence-corrected chi connectivity index (χ1v) is 4.49. The standard InChI is InChI=1S/C12H12O/c1-3-6-10-9(2)13-12-8-5-4-7-11(10)12/h4-8H,2-3H2,1H3/b10-6+. The quantitative estimate of drug-likeness (QED) is 0.641. The van der Waals surface area contributed by atoms with Gasteiger partial charge in [-0.1, -0.05) is 37.8 Å². The second-order valence-electron chi connectivity index (χ2n) is 3.05. The third kappa shape index (κ3) is 1.26. The van der Waals surface area contributed by atoms with Crippen LogP contribution >= 0.6 is 0 Å². The Balaban J connectivity index is 2.95. The SMILES string of the molecule is C=c1oc2ccccc2/c1=C/CC. The third-order valence-electron chi connectivity index (χ3n) is 2.12. The smallest absolute Gasteiger partial charge is 0.135 e. The van der Waals surface area contributed by atoms with Crippen molar-refractivity contribution in [3.8, 4) is 0 Å². The van der Waals surface area contributed by atoms with Crippen molar-refractivity contribution in [1.29, 1.82) is 0 Å². The highest BCUT2D eigenvalue weighted by molar-refractivity contribution is 5.78. The summed E-state index contributed by atoms with van der Waals surface area (Å²) in [5, 5.41) is 2.30. The van der Waals surface area contributed by atoms with Gasteiger partial charge in [0.2, 0.25) is 0 Å². The molecule has 1 heteroatoms. The molecular formula is C12H12O. The van der Waals surface area contributed by atoms with Crippen LogP contribution in [0.4, 0.5) is 0 Å². The Morgan fingerprint density at radius 1 is 1.38 bits per heavy atom. The molecule has 0 aliphatic heterocycles. The predicted octanol–water partition coefficient (Wildman–Crippen LogP) is 2.03. The van der Waals surface area contributed by atoms with Gasteiger partial charge in [-0.2, -0.15) is 0 Å². The number of hydrogen-bond donors (Lipinski definition) is 0. The highest BCUT2D eigenvalue weighted by Crippen LogP contribution is 2.06. The maximum atomic E-state index is 5.51. The molecular weight excluding hydrogens is 160 g/mol. The summed E-state index contributed by atoms with van der Waals surface area (Å²) in [6, 6.07) is 8.03. The number of benzene rings is 1. The monoisotopic (exact) mass is 172 g/mol. The maximum absolute atomic E-state index is 5.51. The minimum Gasteiger partial charge on any atom is -0.457 e. The molecule has 2 rings (SSSR count). The van der Waals surface area contributed by atoms with E-state index in [1.165, 1.54) is 0 Å². The average Bonchev–Trinajstić information content (AvgIpc) is 2.44. The lowest BCUT2D eigenvalue weighted by atomic mass is 10.2. The summed E-state index contributed by atoms with van der Waals surface area (Å²) in [5.74, 6) is 0. The van der Waals surface area contributed by atoms with E-state index in [4.69, 9.17) is 4.42 Å². The molecule has 1 nitrogen and oxygen atoms in total. The molecule has 13 heavy (non-hydrogen) atoms. The van der Waals surface area contributed by atoms with Crippen LogP contribution in [0.25, 0.3) is 23.6 Å². The number of para-hydroxylation sites is 1. The largest absolute Gasteiger partial charge is 0.457 e. The number of furan rings is 1. The van der Waals surface area contributed by atoms with Crippen LogP contribution in [0.15, 0.2) is 28.7 Å². The Labute approximate surface area is 77.0 Å². The summed E-state index contributed by atoms with van der Waals surface area (Å²) >= 11 is 0. The van der Waals surface area contributed by atoms with Gasteiger partial charge in [0.1, 0.15) is 11.0 Å². The Kier molecular flexibility index (Phi) is 1.93. The zero-order valence-electron chi connectivity index (χ0n) is 7.71. The number of fused-ring (bicyclic) bond motifs is 1. The molecule has 0 amide bonds. The van der Waals surface area contributed by atoms with E-state index in [0.717, 1.165) is 28.0 Å². The summed E-state index contributed by atoms with van der Waals surface area (Å²) in [7, 11) is 0. The summed E-state index contributed by atoms with van der Waals surface area (Å²) in [6.07, 6.45) is 3.15. The number of hydrogen-bond acceptors (Lipinski definition) is 1. The van der Waals surface area contributed by atoms with E-state index >= 15 is 0 Å². The topological polar surface area (TPSA) is 13.1 Å². The highest BCUT2D eigenvalue weighted by atomic mass is 16.3. The molecule has 0 fully saturated rings. The van der Waals surface area contributed by atoms with Gasteiger partial charge in [-0.3, -0.25) is 0 Å². The summed E-state index contributed by atoms with van der Waals surface area (Å²) < 4.78 is 5.51. The van der Waals surface area contributed by atoms with E-state index in [1.807, 2.05) is 18.2 Å². The molecule has 0 spiro atoms. The maximum Gasteiger partial charge on any atom is 0.135 e. The van der Waals surface area contributed by atoms with Gasteiger partial charge in [0, 0.05) is 10.6 Å². The molecule has 0 aliphatic carbocycles. The molecule has 1 aromatic heterocycles. The van der Waals surface area contributed by atoms with E-state index in [9.17, 15) is 0 Å². The van der Waals surface area contributed by atoms with Crippen molar-refractivity contribution >= 4 is 23.6 Å². The fourth-order valence-corrected chi connectivity index (χ4v) is 1.54. The van der Waals surface area contributed by atoms with Gasteiger partial charge in [-0.25, -0.2) is 0 Å². The fraction of sp³-hybridized carbons (Fsp3) is 0.167. The molecule has 0 aliphatic rings. The fourth-order valence-electron chi connectivity index (χ4n) is 1.54. The summed E-state index contributed by atoms with van der Waals surface area (Å²) in [4.78, 5) is 0. The van der Waals surface area contributed by atoms with E-state index in [-0.39, 0.29) is 0 Å². The van der Waals surface area contributed by atoms with Crippen molar-refractivity contribution in [2.45, 2.75) is 13.3 Å². The van der Waals surface area contributed by atoms with Crippen LogP contribution in [0.1, 0.15) is 13.3 Å². The first kappa shape index (κ1) is 8.11. The molecule has 0 atom stereocenters. The van der Waals surface area contributed by atoms with E-state index in [2.05, 4.69) is 25.6 Å². The lowest BCUT2D eigenvalue weighted by molar-refractivity contribution is 0.577. The normalized spacial score (nSPS) is 12.5. The third-order valence-corrected chi connectivity index (χ3v) is 2.12. The number of rotatable bonds is 1. The van der Waals surface area contributed by atoms with Gasteiger partial charge in [0.15, 0.2) is 0 Å². The van der Waals surface area contributed by atoms with Crippen LogP contribution < -0.4 is 10.6 Å². The Morgan fingerprint density at radius 2 is 2.15 bits per heavy atom. The predicted molar refractivity (Wildman–Crippen MR) is 55.7 cm³/mol. The Hall–Kier alpha value is -1.50. The molecule has 1 heterocycles. The first-order chi connectivity index (χ1) is 6.33. The highest BCUT2D eigenvalue weighted by Gasteiger charge is 1.98. The van der Waals surface area contributed by atoms with Crippen LogP contribution in [-0.4, -0.2) is 0 Å². The van der Waals surface area contributed by atoms with Crippen molar-refractivity contribution in [2.75, 3.05) is 0 Å². The molecule has 0 N–H and O–H groups in total. The van der Waals surface area contributed by atoms with Gasteiger partial charge in [-0.15, -0.1) is 0 Å². The molecule has 0 saturated heterocycles. The van der Waals surface area contributed by atoms with Gasteiger partial charge >= 0.3 is 0 Å². The first-order valence-electron chi connectivity index (χ1n) is 4.49. The van der Waals surface area contributed by atoms with Crippen LogP contribution in [0.5, 0.6) is 0 Å². The molecule has 0 unspecified atom stereocenters. The van der Waals surface area contributed by atoms with Crippen molar-refractivity contribution in [2.24, 2.45) is 0 Å². The van der Waals surface area contributed by atoms with Crippen LogP contribution in [0.2, 0.25) is 0 Å². The van der Waals surface area contributed by atoms with Crippen molar-refractivity contribution in [3.63, 3.8) is 0 Å². The van der Waals surface area contributed by atoms with Crippen LogP contribution in [-0.2, 0) is 0 Å². The summed E-state index contributed by atoms with van der Waals surface area (Å²) in [6.45, 7) is 5.99. The molecule has 66 valence electrons. The van der Waals surface area contributed by atoms with E-state index in [1.54, 1.807) is 0 Å². The zero-order valence-corrected chi connectivity index (χ0v) is 7.71. The lowest BCUT2D eigenvalue weighted by Crippen LogP contribution is -2.17. The van der Waals surface area contributed by atoms with Crippen LogP contribution in [0, 0.1) is 0 Å². The molecule has 0 radical (unpaired) electrons. The van der Waals surface area contributed by atoms with Gasteiger partial charge < -0.3 is 4.42 Å². The van der Waals surface area contributed by atoms with E-state index < -0.39 is 0 Å². The molecule has 2 aromatic rings. The second-order valence-corrected chi connectivity index (χ2v) is 3.05. The lowest BCUT2D eigenvalue weighted by Gasteiger charge is -1.83. The summed E-state index contributed by atoms with van der Waals surface area (Å²) in [5.41, 5.74) is 1.69. The minimum absolute atomic E-state index is 0.767. The molecule has 1 aromatic carbocycles. The average molecular weight is 172 g/mol. The second kappa shape index (κ2) is 3.09. The molecule has 0 saturated carbocycles. The van der Waals surface area contributed by atoms with Gasteiger partial charge in [0.05, 0.1) is 0 Å². The van der Waals surface area contributed by atoms with E-state index in [0.29, 0.717) is 0 Å². The van der Waals surface area contributed by atoms with Gasteiger partial charge in [-0.05, 0) is 12.5 Å².